The number of primary amides is 1. The van der Waals surface area contributed by atoms with Crippen LogP contribution in [0, 0.1) is 0 Å². The molecule has 0 saturated carbocycles. The molecule has 0 aromatic heterocycles. The summed E-state index contributed by atoms with van der Waals surface area (Å²) in [6.45, 7) is 6.94. The molecule has 88 valence electrons. The van der Waals surface area contributed by atoms with Crippen molar-refractivity contribution < 1.29 is 9.59 Å². The van der Waals surface area contributed by atoms with Crippen molar-refractivity contribution in [2.45, 2.75) is 46.1 Å². The Hall–Kier alpha value is -0.900. The minimum absolute atomic E-state index is 0.276. The van der Waals surface area contributed by atoms with Crippen molar-refractivity contribution in [2.75, 3.05) is 13.1 Å². The van der Waals surface area contributed by atoms with E-state index in [1.54, 1.807) is 0 Å². The van der Waals surface area contributed by atoms with Gasteiger partial charge >= 0.3 is 0 Å². The first-order chi connectivity index (χ1) is 6.97. The fourth-order valence-electron chi connectivity index (χ4n) is 1.38. The molecule has 4 nitrogen and oxygen atoms in total. The fraction of sp³-hybridized carbons (Fsp3) is 0.818. The Labute approximate surface area is 91.8 Å². The Bertz CT molecular complexity index is 215. The van der Waals surface area contributed by atoms with E-state index in [4.69, 9.17) is 5.73 Å². The van der Waals surface area contributed by atoms with Gasteiger partial charge < -0.3 is 5.73 Å². The van der Waals surface area contributed by atoms with Gasteiger partial charge in [0, 0.05) is 18.9 Å². The third-order valence-corrected chi connectivity index (χ3v) is 2.38. The van der Waals surface area contributed by atoms with Gasteiger partial charge in [-0.1, -0.05) is 6.92 Å². The van der Waals surface area contributed by atoms with E-state index < -0.39 is 0 Å². The zero-order valence-electron chi connectivity index (χ0n) is 9.95. The van der Waals surface area contributed by atoms with Gasteiger partial charge in [-0.15, -0.1) is 0 Å². The van der Waals surface area contributed by atoms with Crippen molar-refractivity contribution in [2.24, 2.45) is 5.73 Å². The number of nitrogens with two attached hydrogens (primary N) is 1. The Morgan fingerprint density at radius 2 is 1.93 bits per heavy atom. The molecule has 0 radical (unpaired) electrons. The van der Waals surface area contributed by atoms with E-state index in [9.17, 15) is 9.59 Å². The van der Waals surface area contributed by atoms with Crippen LogP contribution in [0.4, 0.5) is 0 Å². The summed E-state index contributed by atoms with van der Waals surface area (Å²) in [4.78, 5) is 23.8. The molecule has 4 heteroatoms. The van der Waals surface area contributed by atoms with E-state index in [1.165, 1.54) is 0 Å². The normalized spacial score (nSPS) is 11.0. The molecule has 0 atom stereocenters. The van der Waals surface area contributed by atoms with Gasteiger partial charge in [-0.05, 0) is 26.8 Å². The monoisotopic (exact) mass is 214 g/mol. The lowest BCUT2D eigenvalue weighted by atomic mass is 10.1. The molecule has 0 fully saturated rings. The van der Waals surface area contributed by atoms with Gasteiger partial charge in [0.15, 0.2) is 0 Å². The highest BCUT2D eigenvalue weighted by atomic mass is 16.1. The SMILES string of the molecule is CCC(=O)CCCN(CC(N)=O)C(C)C. The second-order valence-corrected chi connectivity index (χ2v) is 4.03. The molecule has 0 spiro atoms. The Balaban J connectivity index is 3.86. The van der Waals surface area contributed by atoms with Gasteiger partial charge in [-0.3, -0.25) is 14.5 Å². The predicted octanol–water partition coefficient (Wildman–Crippen LogP) is 0.941. The fourth-order valence-corrected chi connectivity index (χ4v) is 1.38. The van der Waals surface area contributed by atoms with Crippen LogP contribution in [0.2, 0.25) is 0 Å². The summed E-state index contributed by atoms with van der Waals surface area (Å²) in [7, 11) is 0. The number of rotatable bonds is 8. The number of nitrogens with zero attached hydrogens (tertiary/aromatic N) is 1. The van der Waals surface area contributed by atoms with Crippen LogP contribution in [0.3, 0.4) is 0 Å². The van der Waals surface area contributed by atoms with Crippen molar-refractivity contribution >= 4 is 11.7 Å². The third-order valence-electron chi connectivity index (χ3n) is 2.38. The Morgan fingerprint density at radius 3 is 2.33 bits per heavy atom. The maximum Gasteiger partial charge on any atom is 0.231 e. The van der Waals surface area contributed by atoms with E-state index in [0.29, 0.717) is 12.8 Å². The number of carbonyl (C=O) groups excluding carboxylic acids is 2. The maximum absolute atomic E-state index is 11.1. The first-order valence-corrected chi connectivity index (χ1v) is 5.51. The summed E-state index contributed by atoms with van der Waals surface area (Å²) in [5.74, 6) is -0.0386. The molecular formula is C11H22N2O2. The van der Waals surface area contributed by atoms with Crippen LogP contribution in [0.25, 0.3) is 0 Å². The number of amides is 1. The summed E-state index contributed by atoms with van der Waals surface area (Å²) in [6.07, 6.45) is 1.99. The van der Waals surface area contributed by atoms with Crippen LogP contribution < -0.4 is 5.73 Å². The third kappa shape index (κ3) is 7.08. The molecular weight excluding hydrogens is 192 g/mol. The standard InChI is InChI=1S/C11H22N2O2/c1-4-10(14)6-5-7-13(9(2)3)8-11(12)15/h9H,4-8H2,1-3H3,(H2,12,15). The first kappa shape index (κ1) is 14.1. The molecule has 2 N–H and O–H groups in total. The molecule has 0 aliphatic heterocycles. The van der Waals surface area contributed by atoms with E-state index in [0.717, 1.165) is 13.0 Å². The summed E-state index contributed by atoms with van der Waals surface area (Å²) >= 11 is 0. The van der Waals surface area contributed by atoms with Crippen molar-refractivity contribution in [1.29, 1.82) is 0 Å². The molecule has 0 rings (SSSR count). The van der Waals surface area contributed by atoms with Crippen molar-refractivity contribution in [3.8, 4) is 0 Å². The minimum Gasteiger partial charge on any atom is -0.369 e. The molecule has 1 amide bonds. The largest absolute Gasteiger partial charge is 0.369 e. The second-order valence-electron chi connectivity index (χ2n) is 4.03. The van der Waals surface area contributed by atoms with Crippen molar-refractivity contribution in [3.63, 3.8) is 0 Å². The first-order valence-electron chi connectivity index (χ1n) is 5.51. The summed E-state index contributed by atoms with van der Waals surface area (Å²) < 4.78 is 0. The van der Waals surface area contributed by atoms with Crippen LogP contribution in [-0.4, -0.2) is 35.7 Å². The lowest BCUT2D eigenvalue weighted by Crippen LogP contribution is -2.39. The molecule has 0 aliphatic rings. The molecule has 0 aliphatic carbocycles. The van der Waals surface area contributed by atoms with E-state index in [2.05, 4.69) is 0 Å². The topological polar surface area (TPSA) is 63.4 Å². The van der Waals surface area contributed by atoms with Crippen molar-refractivity contribution in [3.05, 3.63) is 0 Å². The molecule has 0 aromatic rings. The van der Waals surface area contributed by atoms with Gasteiger partial charge in [0.2, 0.25) is 5.91 Å². The smallest absolute Gasteiger partial charge is 0.231 e. The molecule has 0 bridgehead atoms. The van der Waals surface area contributed by atoms with Crippen LogP contribution in [0.1, 0.15) is 40.0 Å². The zero-order valence-corrected chi connectivity index (χ0v) is 9.95. The van der Waals surface area contributed by atoms with Crippen molar-refractivity contribution in [1.82, 2.24) is 4.90 Å². The molecule has 0 unspecified atom stereocenters. The number of hydrogen-bond donors (Lipinski definition) is 1. The van der Waals surface area contributed by atoms with Gasteiger partial charge in [0.05, 0.1) is 6.54 Å². The van der Waals surface area contributed by atoms with Gasteiger partial charge in [-0.25, -0.2) is 0 Å². The maximum atomic E-state index is 11.1. The summed E-state index contributed by atoms with van der Waals surface area (Å²) in [5.41, 5.74) is 5.14. The average molecular weight is 214 g/mol. The summed E-state index contributed by atoms with van der Waals surface area (Å²) in [6, 6.07) is 0.286. The van der Waals surface area contributed by atoms with E-state index >= 15 is 0 Å². The molecule has 0 heterocycles. The number of Topliss-reactive ketones (excluding diaryl/α,β-unsaturated/α-hetero) is 1. The molecule has 0 aromatic carbocycles. The van der Waals surface area contributed by atoms with Gasteiger partial charge in [0.1, 0.15) is 5.78 Å². The van der Waals surface area contributed by atoms with Crippen LogP contribution in [-0.2, 0) is 9.59 Å². The zero-order chi connectivity index (χ0) is 11.8. The molecule has 15 heavy (non-hydrogen) atoms. The molecule has 0 saturated heterocycles. The summed E-state index contributed by atoms with van der Waals surface area (Å²) in [5, 5.41) is 0. The predicted molar refractivity (Wildman–Crippen MR) is 60.4 cm³/mol. The highest BCUT2D eigenvalue weighted by Crippen LogP contribution is 2.02. The number of ketones is 1. The Morgan fingerprint density at radius 1 is 1.33 bits per heavy atom. The highest BCUT2D eigenvalue weighted by Gasteiger charge is 2.11. The van der Waals surface area contributed by atoms with Gasteiger partial charge in [-0.2, -0.15) is 0 Å². The van der Waals surface area contributed by atoms with Crippen LogP contribution in [0.15, 0.2) is 0 Å². The quantitative estimate of drug-likeness (QED) is 0.654. The van der Waals surface area contributed by atoms with E-state index in [1.807, 2.05) is 25.7 Å². The van der Waals surface area contributed by atoms with Gasteiger partial charge in [0.25, 0.3) is 0 Å². The lowest BCUT2D eigenvalue weighted by molar-refractivity contribution is -0.119. The highest BCUT2D eigenvalue weighted by molar-refractivity contribution is 5.78. The Kier molecular flexibility index (Phi) is 6.96. The van der Waals surface area contributed by atoms with Crippen LogP contribution in [0.5, 0.6) is 0 Å². The van der Waals surface area contributed by atoms with Crippen LogP contribution >= 0.6 is 0 Å². The number of hydrogen-bond acceptors (Lipinski definition) is 3. The average Bonchev–Trinajstić information content (AvgIpc) is 2.15. The lowest BCUT2D eigenvalue weighted by Gasteiger charge is -2.24. The minimum atomic E-state index is -0.314. The van der Waals surface area contributed by atoms with E-state index in [-0.39, 0.29) is 24.3 Å². The second kappa shape index (κ2) is 7.40. The number of carbonyl (C=O) groups is 2.